The minimum atomic E-state index is -0.597. The Morgan fingerprint density at radius 1 is 0.720 bits per heavy atom. The summed E-state index contributed by atoms with van der Waals surface area (Å²) in [5.74, 6) is 2.37. The first kappa shape index (κ1) is 41.2. The van der Waals surface area contributed by atoms with Crippen LogP contribution in [0.15, 0.2) is 24.5 Å². The van der Waals surface area contributed by atoms with E-state index < -0.39 is 10.8 Å². The second kappa shape index (κ2) is 18.3. The average molecular weight is 695 g/mol. The lowest BCUT2D eigenvalue weighted by atomic mass is 9.87. The maximum Gasteiger partial charge on any atom is 0.229 e. The number of pyridine rings is 2. The van der Waals surface area contributed by atoms with E-state index in [0.29, 0.717) is 36.8 Å². The van der Waals surface area contributed by atoms with E-state index in [4.69, 9.17) is 9.47 Å². The fourth-order valence-corrected chi connectivity index (χ4v) is 6.70. The van der Waals surface area contributed by atoms with E-state index in [0.717, 1.165) is 74.1 Å². The molecule has 280 valence electrons. The zero-order chi connectivity index (χ0) is 37.2. The molecule has 0 unspecified atom stereocenters. The summed E-state index contributed by atoms with van der Waals surface area (Å²) in [4.78, 5) is 39.0. The third kappa shape index (κ3) is 11.9. The zero-order valence-electron chi connectivity index (χ0n) is 33.1. The summed E-state index contributed by atoms with van der Waals surface area (Å²) in [5.41, 5.74) is 3.01. The van der Waals surface area contributed by atoms with E-state index in [9.17, 15) is 9.59 Å². The van der Waals surface area contributed by atoms with Crippen LogP contribution in [0.1, 0.15) is 89.5 Å². The van der Waals surface area contributed by atoms with Crippen molar-refractivity contribution in [2.45, 2.75) is 107 Å². The first-order chi connectivity index (χ1) is 23.4. The molecule has 2 aromatic heterocycles. The van der Waals surface area contributed by atoms with Gasteiger partial charge in [0.15, 0.2) is 0 Å². The van der Waals surface area contributed by atoms with Crippen LogP contribution in [0.5, 0.6) is 11.8 Å². The van der Waals surface area contributed by atoms with Crippen LogP contribution in [-0.2, 0) is 9.59 Å². The molecular formula is C40H66N6O4. The quantitative estimate of drug-likeness (QED) is 0.283. The van der Waals surface area contributed by atoms with Crippen molar-refractivity contribution in [1.82, 2.24) is 30.4 Å². The second-order valence-corrected chi connectivity index (χ2v) is 16.2. The molecule has 2 aliphatic rings. The number of hydrogen-bond donors (Lipinski definition) is 2. The molecule has 10 nitrogen and oxygen atoms in total. The number of aromatic nitrogens is 2. The van der Waals surface area contributed by atoms with Gasteiger partial charge >= 0.3 is 0 Å². The largest absolute Gasteiger partial charge is 0.476 e. The number of carbonyl (C=O) groups excluding carboxylic acids is 2. The van der Waals surface area contributed by atoms with Gasteiger partial charge in [-0.3, -0.25) is 9.59 Å². The maximum atomic E-state index is 12.8. The Labute approximate surface area is 302 Å². The van der Waals surface area contributed by atoms with Crippen molar-refractivity contribution in [3.8, 4) is 11.8 Å². The lowest BCUT2D eigenvalue weighted by Crippen LogP contribution is -2.53. The molecule has 0 spiro atoms. The third-order valence-corrected chi connectivity index (χ3v) is 10.3. The molecule has 4 atom stereocenters. The Kier molecular flexibility index (Phi) is 15.1. The Morgan fingerprint density at radius 2 is 1.08 bits per heavy atom. The van der Waals surface area contributed by atoms with E-state index in [2.05, 4.69) is 58.3 Å². The number of hydrogen-bond acceptors (Lipinski definition) is 8. The Balaban J connectivity index is 0.000000270. The van der Waals surface area contributed by atoms with Crippen molar-refractivity contribution in [3.63, 3.8) is 0 Å². The van der Waals surface area contributed by atoms with Crippen molar-refractivity contribution in [2.24, 2.45) is 22.7 Å². The molecule has 10 heteroatoms. The summed E-state index contributed by atoms with van der Waals surface area (Å²) in [6.07, 6.45) is 7.77. The van der Waals surface area contributed by atoms with E-state index in [-0.39, 0.29) is 23.9 Å². The highest BCUT2D eigenvalue weighted by molar-refractivity contribution is 5.82. The molecule has 2 aromatic rings. The zero-order valence-corrected chi connectivity index (χ0v) is 33.1. The molecule has 2 amide bonds. The molecule has 2 fully saturated rings. The number of aryl methyl sites for hydroxylation is 4. The summed E-state index contributed by atoms with van der Waals surface area (Å²) in [7, 11) is 4.30. The fourth-order valence-electron chi connectivity index (χ4n) is 6.70. The van der Waals surface area contributed by atoms with Crippen LogP contribution in [0.4, 0.5) is 0 Å². The average Bonchev–Trinajstić information content (AvgIpc) is 3.05. The number of nitrogens with one attached hydrogen (secondary N) is 2. The van der Waals surface area contributed by atoms with Gasteiger partial charge in [0.05, 0.1) is 10.8 Å². The summed E-state index contributed by atoms with van der Waals surface area (Å²) >= 11 is 0. The number of piperidine rings is 2. The number of carbonyl (C=O) groups is 2. The molecule has 0 radical (unpaired) electrons. The highest BCUT2D eigenvalue weighted by Gasteiger charge is 2.36. The molecule has 0 aromatic carbocycles. The van der Waals surface area contributed by atoms with E-state index in [1.807, 2.05) is 67.5 Å². The summed E-state index contributed by atoms with van der Waals surface area (Å²) in [5, 5.41) is 6.55. The summed E-state index contributed by atoms with van der Waals surface area (Å²) < 4.78 is 11.7. The van der Waals surface area contributed by atoms with Gasteiger partial charge < -0.3 is 29.9 Å². The lowest BCUT2D eigenvalue weighted by Gasteiger charge is -2.38. The SMILES string of the molecule is CC[C@@H]1CN(C)CC[C@H]1NC(=O)C(C)(C)COc1ncc(C)cc1C.CC[C@H]1CN(C)CC[C@@H]1NC(=O)C(C)(C)COc1ncc(C)cc1C. The minimum Gasteiger partial charge on any atom is -0.476 e. The predicted octanol–water partition coefficient (Wildman–Crippen LogP) is 5.90. The van der Waals surface area contributed by atoms with Gasteiger partial charge in [-0.1, -0.05) is 26.7 Å². The van der Waals surface area contributed by atoms with Crippen molar-refractivity contribution in [1.29, 1.82) is 0 Å². The molecule has 4 rings (SSSR count). The van der Waals surface area contributed by atoms with Crippen molar-refractivity contribution < 1.29 is 19.1 Å². The normalized spacial score (nSPS) is 21.8. The van der Waals surface area contributed by atoms with Gasteiger partial charge in [0, 0.05) is 48.7 Å². The lowest BCUT2D eigenvalue weighted by molar-refractivity contribution is -0.133. The van der Waals surface area contributed by atoms with Crippen LogP contribution in [0.2, 0.25) is 0 Å². The smallest absolute Gasteiger partial charge is 0.229 e. The standard InChI is InChI=1S/2C20H33N3O2/c2*1-7-16-12-23(6)9-8-17(16)22-19(24)20(4,5)13-25-18-15(3)10-14(2)11-21-18/h2*10-11,16-17H,7-9,12-13H2,1-6H3,(H,22,24)/t2*16-,17-/m10/s1. The van der Waals surface area contributed by atoms with Crippen molar-refractivity contribution in [2.75, 3.05) is 53.5 Å². The second-order valence-electron chi connectivity index (χ2n) is 16.2. The molecule has 2 aliphatic heterocycles. The molecule has 50 heavy (non-hydrogen) atoms. The Morgan fingerprint density at radius 3 is 1.40 bits per heavy atom. The van der Waals surface area contributed by atoms with E-state index in [1.54, 1.807) is 12.4 Å². The van der Waals surface area contributed by atoms with Crippen LogP contribution in [0.25, 0.3) is 0 Å². The van der Waals surface area contributed by atoms with E-state index >= 15 is 0 Å². The van der Waals surface area contributed by atoms with Crippen LogP contribution in [0, 0.1) is 50.4 Å². The molecular weight excluding hydrogens is 628 g/mol. The van der Waals surface area contributed by atoms with Gasteiger partial charge in [-0.15, -0.1) is 0 Å². The van der Waals surface area contributed by atoms with Gasteiger partial charge in [-0.25, -0.2) is 9.97 Å². The summed E-state index contributed by atoms with van der Waals surface area (Å²) in [6, 6.07) is 4.60. The van der Waals surface area contributed by atoms with Crippen LogP contribution < -0.4 is 20.1 Å². The van der Waals surface area contributed by atoms with Gasteiger partial charge in [-0.2, -0.15) is 0 Å². The molecule has 2 N–H and O–H groups in total. The third-order valence-electron chi connectivity index (χ3n) is 10.3. The Bertz CT molecular complexity index is 1310. The molecule has 2 saturated heterocycles. The first-order valence-corrected chi connectivity index (χ1v) is 18.6. The van der Waals surface area contributed by atoms with Gasteiger partial charge in [0.25, 0.3) is 0 Å². The maximum absolute atomic E-state index is 12.8. The van der Waals surface area contributed by atoms with Crippen LogP contribution in [-0.4, -0.2) is 97.2 Å². The van der Waals surface area contributed by atoms with E-state index in [1.165, 1.54) is 0 Å². The van der Waals surface area contributed by atoms with Crippen LogP contribution in [0.3, 0.4) is 0 Å². The topological polar surface area (TPSA) is 109 Å². The van der Waals surface area contributed by atoms with Gasteiger partial charge in [0.2, 0.25) is 23.6 Å². The van der Waals surface area contributed by atoms with Crippen molar-refractivity contribution in [3.05, 3.63) is 46.8 Å². The predicted molar refractivity (Wildman–Crippen MR) is 202 cm³/mol. The Hall–Kier alpha value is -3.24. The monoisotopic (exact) mass is 695 g/mol. The molecule has 0 bridgehead atoms. The number of ether oxygens (including phenoxy) is 2. The number of rotatable bonds is 12. The summed E-state index contributed by atoms with van der Waals surface area (Å²) in [6.45, 7) is 24.9. The number of amides is 2. The fraction of sp³-hybridized carbons (Fsp3) is 0.700. The number of likely N-dealkylation sites (tertiary alicyclic amines) is 2. The number of nitrogens with zero attached hydrogens (tertiary/aromatic N) is 4. The van der Waals surface area contributed by atoms with Gasteiger partial charge in [-0.05, 0) is 131 Å². The minimum absolute atomic E-state index is 0.0604. The van der Waals surface area contributed by atoms with Gasteiger partial charge in [0.1, 0.15) is 13.2 Å². The first-order valence-electron chi connectivity index (χ1n) is 18.6. The van der Waals surface area contributed by atoms with Crippen molar-refractivity contribution >= 4 is 11.8 Å². The van der Waals surface area contributed by atoms with Crippen LogP contribution >= 0.6 is 0 Å². The molecule has 4 heterocycles. The molecule has 0 aliphatic carbocycles. The highest BCUT2D eigenvalue weighted by Crippen LogP contribution is 2.26. The highest BCUT2D eigenvalue weighted by atomic mass is 16.5. The molecule has 0 saturated carbocycles.